The molecule has 0 spiro atoms. The lowest BCUT2D eigenvalue weighted by atomic mass is 9.79. The average molecular weight is 281 g/mol. The predicted molar refractivity (Wildman–Crippen MR) is 87.1 cm³/mol. The molecule has 3 atom stereocenters. The van der Waals surface area contributed by atoms with Gasteiger partial charge in [0, 0.05) is 25.2 Å². The van der Waals surface area contributed by atoms with E-state index in [-0.39, 0.29) is 0 Å². The summed E-state index contributed by atoms with van der Waals surface area (Å²) in [5.41, 5.74) is 0. The summed E-state index contributed by atoms with van der Waals surface area (Å²) in [6.07, 6.45) is 6.85. The largest absolute Gasteiger partial charge is 0.313 e. The Morgan fingerprint density at radius 2 is 1.70 bits per heavy atom. The van der Waals surface area contributed by atoms with Crippen molar-refractivity contribution in [2.45, 2.75) is 58.0 Å². The van der Waals surface area contributed by atoms with Gasteiger partial charge >= 0.3 is 0 Å². The molecule has 2 fully saturated rings. The number of likely N-dealkylation sites (tertiary alicyclic amines) is 1. The summed E-state index contributed by atoms with van der Waals surface area (Å²) in [6.45, 7) is 9.81. The Kier molecular flexibility index (Phi) is 6.31. The molecular formula is C17H35N3. The first-order valence-electron chi connectivity index (χ1n) is 8.68. The van der Waals surface area contributed by atoms with Crippen molar-refractivity contribution in [2.24, 2.45) is 11.8 Å². The molecule has 0 bridgehead atoms. The van der Waals surface area contributed by atoms with Crippen LogP contribution in [0.2, 0.25) is 0 Å². The summed E-state index contributed by atoms with van der Waals surface area (Å²) >= 11 is 0. The van der Waals surface area contributed by atoms with Gasteiger partial charge in [0.2, 0.25) is 0 Å². The third-order valence-corrected chi connectivity index (χ3v) is 5.75. The topological polar surface area (TPSA) is 18.5 Å². The predicted octanol–water partition coefficient (Wildman–Crippen LogP) is 2.43. The first-order valence-corrected chi connectivity index (χ1v) is 8.68. The lowest BCUT2D eigenvalue weighted by Gasteiger charge is -2.36. The van der Waals surface area contributed by atoms with Crippen LogP contribution in [-0.4, -0.2) is 62.2 Å². The van der Waals surface area contributed by atoms with E-state index in [2.05, 4.69) is 43.1 Å². The second kappa shape index (κ2) is 7.77. The van der Waals surface area contributed by atoms with E-state index in [9.17, 15) is 0 Å². The quantitative estimate of drug-likeness (QED) is 0.835. The van der Waals surface area contributed by atoms with Gasteiger partial charge in [0.15, 0.2) is 0 Å². The summed E-state index contributed by atoms with van der Waals surface area (Å²) in [6, 6.07) is 1.58. The smallest absolute Gasteiger partial charge is 0.0113 e. The molecule has 0 aromatic carbocycles. The van der Waals surface area contributed by atoms with Gasteiger partial charge in [0.1, 0.15) is 0 Å². The molecule has 0 radical (unpaired) electrons. The van der Waals surface area contributed by atoms with Crippen molar-refractivity contribution in [1.29, 1.82) is 0 Å². The molecule has 3 unspecified atom stereocenters. The number of nitrogens with zero attached hydrogens (tertiary/aromatic N) is 2. The average Bonchev–Trinajstić information content (AvgIpc) is 2.43. The summed E-state index contributed by atoms with van der Waals surface area (Å²) in [4.78, 5) is 5.03. The van der Waals surface area contributed by atoms with Crippen LogP contribution in [0.15, 0.2) is 0 Å². The Hall–Kier alpha value is -0.120. The van der Waals surface area contributed by atoms with Gasteiger partial charge < -0.3 is 15.1 Å². The molecule has 118 valence electrons. The van der Waals surface area contributed by atoms with E-state index in [4.69, 9.17) is 0 Å². The summed E-state index contributed by atoms with van der Waals surface area (Å²) < 4.78 is 0. The fourth-order valence-electron chi connectivity index (χ4n) is 3.82. The highest BCUT2D eigenvalue weighted by atomic mass is 15.2. The summed E-state index contributed by atoms with van der Waals surface area (Å²) in [7, 11) is 4.43. The number of piperidine rings is 1. The van der Waals surface area contributed by atoms with E-state index in [1.54, 1.807) is 0 Å². The van der Waals surface area contributed by atoms with Crippen molar-refractivity contribution >= 4 is 0 Å². The molecule has 2 rings (SSSR count). The maximum Gasteiger partial charge on any atom is 0.0113 e. The van der Waals surface area contributed by atoms with Crippen LogP contribution >= 0.6 is 0 Å². The summed E-state index contributed by atoms with van der Waals surface area (Å²) in [5.74, 6) is 1.83. The molecule has 1 aliphatic carbocycles. The molecule has 1 aliphatic heterocycles. The standard InChI is InChI=1S/C17H35N3/c1-14-5-6-16(13-15(14)2)18-9-12-20-10-7-17(8-11-20)19(3)4/h14-18H,5-13H2,1-4H3. The molecule has 0 aromatic rings. The lowest BCUT2D eigenvalue weighted by molar-refractivity contribution is 0.142. The molecule has 2 aliphatic rings. The first-order chi connectivity index (χ1) is 9.56. The van der Waals surface area contributed by atoms with E-state index in [1.807, 2.05) is 0 Å². The Morgan fingerprint density at radius 3 is 2.30 bits per heavy atom. The highest BCUT2D eigenvalue weighted by Gasteiger charge is 2.24. The zero-order chi connectivity index (χ0) is 14.5. The normalized spacial score (nSPS) is 33.8. The molecule has 0 amide bonds. The maximum atomic E-state index is 3.80. The van der Waals surface area contributed by atoms with Crippen LogP contribution in [0.3, 0.4) is 0 Å². The highest BCUT2D eigenvalue weighted by molar-refractivity contribution is 4.81. The van der Waals surface area contributed by atoms with Gasteiger partial charge in [-0.15, -0.1) is 0 Å². The van der Waals surface area contributed by atoms with Gasteiger partial charge in [-0.2, -0.15) is 0 Å². The van der Waals surface area contributed by atoms with Crippen LogP contribution in [0, 0.1) is 11.8 Å². The van der Waals surface area contributed by atoms with Crippen LogP contribution in [0.25, 0.3) is 0 Å². The van der Waals surface area contributed by atoms with E-state index in [1.165, 1.54) is 58.3 Å². The van der Waals surface area contributed by atoms with Gasteiger partial charge in [-0.3, -0.25) is 0 Å². The second-order valence-electron chi connectivity index (χ2n) is 7.46. The lowest BCUT2D eigenvalue weighted by Crippen LogP contribution is -2.45. The van der Waals surface area contributed by atoms with Gasteiger partial charge in [-0.05, 0) is 71.1 Å². The highest BCUT2D eigenvalue weighted by Crippen LogP contribution is 2.29. The molecule has 20 heavy (non-hydrogen) atoms. The van der Waals surface area contributed by atoms with Crippen LogP contribution < -0.4 is 5.32 Å². The fraction of sp³-hybridized carbons (Fsp3) is 1.00. The van der Waals surface area contributed by atoms with Crippen molar-refractivity contribution in [1.82, 2.24) is 15.1 Å². The third kappa shape index (κ3) is 4.71. The van der Waals surface area contributed by atoms with Crippen LogP contribution in [0.5, 0.6) is 0 Å². The van der Waals surface area contributed by atoms with Crippen molar-refractivity contribution in [3.8, 4) is 0 Å². The minimum absolute atomic E-state index is 0.778. The first kappa shape index (κ1) is 16.3. The van der Waals surface area contributed by atoms with Gasteiger partial charge in [0.05, 0.1) is 0 Å². The fourth-order valence-corrected chi connectivity index (χ4v) is 3.82. The zero-order valence-electron chi connectivity index (χ0n) is 14.1. The Bertz CT molecular complexity index is 271. The van der Waals surface area contributed by atoms with Gasteiger partial charge in [-0.25, -0.2) is 0 Å². The molecule has 3 nitrogen and oxygen atoms in total. The number of hydrogen-bond acceptors (Lipinski definition) is 3. The molecule has 0 aromatic heterocycles. The number of hydrogen-bond donors (Lipinski definition) is 1. The maximum absolute atomic E-state index is 3.80. The third-order valence-electron chi connectivity index (χ3n) is 5.75. The summed E-state index contributed by atoms with van der Waals surface area (Å²) in [5, 5.41) is 3.80. The van der Waals surface area contributed by atoms with E-state index in [0.717, 1.165) is 23.9 Å². The Labute approximate surface area is 126 Å². The van der Waals surface area contributed by atoms with E-state index in [0.29, 0.717) is 0 Å². The molecule has 1 N–H and O–H groups in total. The number of rotatable bonds is 5. The van der Waals surface area contributed by atoms with Crippen LogP contribution in [0.1, 0.15) is 46.0 Å². The van der Waals surface area contributed by atoms with Crippen molar-refractivity contribution in [3.05, 3.63) is 0 Å². The monoisotopic (exact) mass is 281 g/mol. The van der Waals surface area contributed by atoms with Crippen molar-refractivity contribution in [3.63, 3.8) is 0 Å². The van der Waals surface area contributed by atoms with Crippen molar-refractivity contribution < 1.29 is 0 Å². The van der Waals surface area contributed by atoms with E-state index < -0.39 is 0 Å². The van der Waals surface area contributed by atoms with Crippen LogP contribution in [0.4, 0.5) is 0 Å². The van der Waals surface area contributed by atoms with Crippen LogP contribution in [-0.2, 0) is 0 Å². The Balaban J connectivity index is 1.58. The van der Waals surface area contributed by atoms with E-state index >= 15 is 0 Å². The molecule has 1 heterocycles. The van der Waals surface area contributed by atoms with Gasteiger partial charge in [-0.1, -0.05) is 13.8 Å². The molecule has 1 saturated carbocycles. The minimum Gasteiger partial charge on any atom is -0.313 e. The molecule has 1 saturated heterocycles. The Morgan fingerprint density at radius 1 is 1.00 bits per heavy atom. The minimum atomic E-state index is 0.778. The number of nitrogens with one attached hydrogen (secondary N) is 1. The molecular weight excluding hydrogens is 246 g/mol. The zero-order valence-corrected chi connectivity index (χ0v) is 14.1. The second-order valence-corrected chi connectivity index (χ2v) is 7.46. The van der Waals surface area contributed by atoms with Crippen molar-refractivity contribution in [2.75, 3.05) is 40.3 Å². The van der Waals surface area contributed by atoms with Gasteiger partial charge in [0.25, 0.3) is 0 Å². The SMILES string of the molecule is CC1CCC(NCCN2CCC(N(C)C)CC2)CC1C. The molecule has 3 heteroatoms.